The molecule has 3 N–H and O–H groups in total. The quantitative estimate of drug-likeness (QED) is 0.386. The Morgan fingerprint density at radius 1 is 1.17 bits per heavy atom. The number of halogens is 1. The first kappa shape index (κ1) is 15.9. The minimum atomic E-state index is -0.303. The Balaban J connectivity index is 1.87. The summed E-state index contributed by atoms with van der Waals surface area (Å²) >= 11 is 5.15. The first-order chi connectivity index (χ1) is 11.5. The number of aromatic amines is 1. The fraction of sp³-hybridized carbons (Fsp3) is 0.0625. The average Bonchev–Trinajstić information content (AvgIpc) is 2.91. The van der Waals surface area contributed by atoms with Gasteiger partial charge in [-0.2, -0.15) is 14.9 Å². The van der Waals surface area contributed by atoms with Crippen molar-refractivity contribution in [3.8, 4) is 11.5 Å². The van der Waals surface area contributed by atoms with Crippen molar-refractivity contribution in [1.82, 2.24) is 14.9 Å². The lowest BCUT2D eigenvalue weighted by Crippen LogP contribution is -2.00. The van der Waals surface area contributed by atoms with E-state index >= 15 is 0 Å². The topological polar surface area (TPSA) is 86.4 Å². The van der Waals surface area contributed by atoms with Gasteiger partial charge in [-0.1, -0.05) is 12.1 Å². The third-order valence-corrected chi connectivity index (χ3v) is 3.58. The molecule has 0 fully saturated rings. The molecule has 0 radical (unpaired) electrons. The van der Waals surface area contributed by atoms with Gasteiger partial charge >= 0.3 is 0 Å². The molecule has 0 unspecified atom stereocenters. The van der Waals surface area contributed by atoms with Gasteiger partial charge in [-0.25, -0.2) is 4.39 Å². The van der Waals surface area contributed by atoms with Crippen LogP contribution in [-0.4, -0.2) is 31.3 Å². The van der Waals surface area contributed by atoms with Gasteiger partial charge in [-0.05, 0) is 53.7 Å². The monoisotopic (exact) mass is 344 g/mol. The van der Waals surface area contributed by atoms with E-state index in [1.807, 2.05) is 0 Å². The van der Waals surface area contributed by atoms with Crippen LogP contribution in [0, 0.1) is 10.6 Å². The van der Waals surface area contributed by atoms with Gasteiger partial charge in [0.2, 0.25) is 4.77 Å². The number of hydrogen-bond donors (Lipinski definition) is 3. The molecule has 0 amide bonds. The van der Waals surface area contributed by atoms with Crippen LogP contribution in [0.4, 0.5) is 4.39 Å². The van der Waals surface area contributed by atoms with Crippen LogP contribution in [-0.2, 0) is 6.42 Å². The molecular formula is C16H13FN4O2S. The molecular weight excluding hydrogens is 331 g/mol. The van der Waals surface area contributed by atoms with Crippen LogP contribution >= 0.6 is 12.2 Å². The Labute approximate surface area is 141 Å². The van der Waals surface area contributed by atoms with Gasteiger partial charge in [0.05, 0.1) is 6.21 Å². The summed E-state index contributed by atoms with van der Waals surface area (Å²) in [6, 6.07) is 10.4. The van der Waals surface area contributed by atoms with Crippen molar-refractivity contribution in [3.63, 3.8) is 0 Å². The Morgan fingerprint density at radius 2 is 1.92 bits per heavy atom. The summed E-state index contributed by atoms with van der Waals surface area (Å²) in [6.45, 7) is 0. The SMILES string of the molecule is Oc1ccc(/C=N/n2c(Cc3ccc(F)cc3)n[nH]c2=S)cc1O. The van der Waals surface area contributed by atoms with E-state index in [2.05, 4.69) is 15.3 Å². The van der Waals surface area contributed by atoms with Crippen molar-refractivity contribution in [2.75, 3.05) is 0 Å². The average molecular weight is 344 g/mol. The van der Waals surface area contributed by atoms with Crippen LogP contribution in [0.25, 0.3) is 0 Å². The summed E-state index contributed by atoms with van der Waals surface area (Å²) in [6.07, 6.45) is 1.91. The van der Waals surface area contributed by atoms with Crippen LogP contribution < -0.4 is 0 Å². The van der Waals surface area contributed by atoms with E-state index in [-0.39, 0.29) is 17.3 Å². The summed E-state index contributed by atoms with van der Waals surface area (Å²) in [5, 5.41) is 29.8. The fourth-order valence-electron chi connectivity index (χ4n) is 2.09. The first-order valence-electron chi connectivity index (χ1n) is 7.00. The zero-order valence-corrected chi connectivity index (χ0v) is 13.2. The number of hydrogen-bond acceptors (Lipinski definition) is 5. The van der Waals surface area contributed by atoms with Crippen LogP contribution in [0.2, 0.25) is 0 Å². The standard InChI is InChI=1S/C16H13FN4O2S/c17-12-4-1-10(2-5-12)8-15-19-20-16(24)21(15)18-9-11-3-6-13(22)14(23)7-11/h1-7,9,22-23H,8H2,(H,20,24)/b18-9+. The molecule has 8 heteroatoms. The highest BCUT2D eigenvalue weighted by Gasteiger charge is 2.07. The molecule has 0 saturated heterocycles. The van der Waals surface area contributed by atoms with Gasteiger partial charge in [0, 0.05) is 6.42 Å². The minimum absolute atomic E-state index is 0.205. The highest BCUT2D eigenvalue weighted by molar-refractivity contribution is 7.71. The number of nitrogens with one attached hydrogen (secondary N) is 1. The molecule has 0 bridgehead atoms. The molecule has 24 heavy (non-hydrogen) atoms. The smallest absolute Gasteiger partial charge is 0.216 e. The molecule has 0 aliphatic carbocycles. The Kier molecular flexibility index (Phi) is 4.39. The number of aromatic nitrogens is 3. The van der Waals surface area contributed by atoms with Crippen molar-refractivity contribution >= 4 is 18.4 Å². The molecule has 122 valence electrons. The van der Waals surface area contributed by atoms with Crippen LogP contribution in [0.5, 0.6) is 11.5 Å². The number of phenolic OH excluding ortho intramolecular Hbond substituents is 2. The lowest BCUT2D eigenvalue weighted by atomic mass is 10.1. The molecule has 0 spiro atoms. The molecule has 0 aliphatic rings. The van der Waals surface area contributed by atoms with E-state index in [1.54, 1.807) is 18.2 Å². The van der Waals surface area contributed by atoms with Crippen molar-refractivity contribution in [1.29, 1.82) is 0 Å². The minimum Gasteiger partial charge on any atom is -0.504 e. The van der Waals surface area contributed by atoms with Gasteiger partial charge in [-0.3, -0.25) is 5.10 Å². The zero-order chi connectivity index (χ0) is 17.1. The maximum Gasteiger partial charge on any atom is 0.216 e. The van der Waals surface area contributed by atoms with Gasteiger partial charge in [-0.15, -0.1) is 0 Å². The van der Waals surface area contributed by atoms with Crippen molar-refractivity contribution in [2.24, 2.45) is 5.10 Å². The van der Waals surface area contributed by atoms with Crippen LogP contribution in [0.1, 0.15) is 17.0 Å². The van der Waals surface area contributed by atoms with Gasteiger partial charge in [0.25, 0.3) is 0 Å². The van der Waals surface area contributed by atoms with E-state index in [0.717, 1.165) is 5.56 Å². The van der Waals surface area contributed by atoms with E-state index in [4.69, 9.17) is 12.2 Å². The van der Waals surface area contributed by atoms with Crippen LogP contribution in [0.15, 0.2) is 47.6 Å². The predicted molar refractivity (Wildman–Crippen MR) is 89.4 cm³/mol. The fourth-order valence-corrected chi connectivity index (χ4v) is 2.29. The molecule has 3 aromatic rings. The highest BCUT2D eigenvalue weighted by atomic mass is 32.1. The Hall–Kier alpha value is -3.00. The lowest BCUT2D eigenvalue weighted by molar-refractivity contribution is 0.403. The number of rotatable bonds is 4. The van der Waals surface area contributed by atoms with E-state index in [0.29, 0.717) is 22.6 Å². The van der Waals surface area contributed by atoms with E-state index in [1.165, 1.54) is 35.2 Å². The second-order valence-electron chi connectivity index (χ2n) is 5.05. The van der Waals surface area contributed by atoms with Gasteiger partial charge < -0.3 is 10.2 Å². The highest BCUT2D eigenvalue weighted by Crippen LogP contribution is 2.24. The summed E-state index contributed by atoms with van der Waals surface area (Å²) in [4.78, 5) is 0. The maximum absolute atomic E-state index is 13.0. The molecule has 3 rings (SSSR count). The molecule has 2 aromatic carbocycles. The van der Waals surface area contributed by atoms with E-state index in [9.17, 15) is 14.6 Å². The summed E-state index contributed by atoms with van der Waals surface area (Å²) in [5.41, 5.74) is 1.45. The molecule has 6 nitrogen and oxygen atoms in total. The number of nitrogens with zero attached hydrogens (tertiary/aromatic N) is 3. The second-order valence-corrected chi connectivity index (χ2v) is 5.44. The normalized spacial score (nSPS) is 11.2. The third kappa shape index (κ3) is 3.49. The third-order valence-electron chi connectivity index (χ3n) is 3.31. The predicted octanol–water partition coefficient (Wildman–Crippen LogP) is 2.96. The summed E-state index contributed by atoms with van der Waals surface area (Å²) in [7, 11) is 0. The number of benzene rings is 2. The van der Waals surface area contributed by atoms with Crippen LogP contribution in [0.3, 0.4) is 0 Å². The van der Waals surface area contributed by atoms with Crippen molar-refractivity contribution < 1.29 is 14.6 Å². The molecule has 0 saturated carbocycles. The first-order valence-corrected chi connectivity index (χ1v) is 7.41. The molecule has 0 aliphatic heterocycles. The Bertz CT molecular complexity index is 947. The molecule has 1 heterocycles. The van der Waals surface area contributed by atoms with Crippen molar-refractivity contribution in [3.05, 3.63) is 70.0 Å². The second kappa shape index (κ2) is 6.63. The molecule has 1 aromatic heterocycles. The number of aromatic hydroxyl groups is 2. The zero-order valence-electron chi connectivity index (χ0n) is 12.3. The maximum atomic E-state index is 13.0. The Morgan fingerprint density at radius 3 is 2.62 bits per heavy atom. The summed E-state index contributed by atoms with van der Waals surface area (Å²) in [5.74, 6) is -0.182. The molecule has 0 atom stereocenters. The number of phenols is 2. The van der Waals surface area contributed by atoms with Crippen molar-refractivity contribution in [2.45, 2.75) is 6.42 Å². The lowest BCUT2D eigenvalue weighted by Gasteiger charge is -2.02. The van der Waals surface area contributed by atoms with E-state index < -0.39 is 0 Å². The summed E-state index contributed by atoms with van der Waals surface area (Å²) < 4.78 is 14.7. The largest absolute Gasteiger partial charge is 0.504 e. The number of H-pyrrole nitrogens is 1. The van der Waals surface area contributed by atoms with Gasteiger partial charge in [0.1, 0.15) is 5.82 Å². The van der Waals surface area contributed by atoms with Gasteiger partial charge in [0.15, 0.2) is 17.3 Å².